The lowest BCUT2D eigenvalue weighted by molar-refractivity contribution is -0.123. The molecule has 1 saturated heterocycles. The Kier molecular flexibility index (Phi) is 7.08. The summed E-state index contributed by atoms with van der Waals surface area (Å²) in [6, 6.07) is 11.7. The monoisotopic (exact) mass is 390 g/mol. The molecule has 2 heterocycles. The number of hydrogen-bond acceptors (Lipinski definition) is 6. The van der Waals surface area contributed by atoms with Crippen LogP contribution in [0.3, 0.4) is 0 Å². The van der Waals surface area contributed by atoms with Crippen LogP contribution in [0.2, 0.25) is 0 Å². The number of carbonyl (C=O) groups excluding carboxylic acids is 1. The van der Waals surface area contributed by atoms with Crippen molar-refractivity contribution in [1.29, 1.82) is 0 Å². The number of benzene rings is 1. The quantitative estimate of drug-likeness (QED) is 0.779. The maximum atomic E-state index is 12.0. The van der Waals surface area contributed by atoms with Gasteiger partial charge in [-0.05, 0) is 47.3 Å². The number of nitrogens with one attached hydrogen (secondary N) is 1. The Hall–Kier alpha value is -1.86. The molecule has 26 heavy (non-hydrogen) atoms. The summed E-state index contributed by atoms with van der Waals surface area (Å²) in [7, 11) is 1.56. The van der Waals surface area contributed by atoms with Gasteiger partial charge >= 0.3 is 0 Å². The minimum Gasteiger partial charge on any atom is -0.484 e. The maximum absolute atomic E-state index is 12.0. The molecule has 1 N–H and O–H groups in total. The van der Waals surface area contributed by atoms with E-state index in [-0.39, 0.29) is 12.5 Å². The van der Waals surface area contributed by atoms with Gasteiger partial charge in [0.1, 0.15) is 5.75 Å². The molecule has 1 aliphatic heterocycles. The van der Waals surface area contributed by atoms with E-state index in [1.165, 1.54) is 23.5 Å². The van der Waals surface area contributed by atoms with Crippen molar-refractivity contribution in [3.63, 3.8) is 0 Å². The number of methoxy groups -OCH3 is 1. The first-order valence-corrected chi connectivity index (χ1v) is 10.6. The van der Waals surface area contributed by atoms with Crippen LogP contribution in [-0.2, 0) is 11.3 Å². The highest BCUT2D eigenvalue weighted by molar-refractivity contribution is 8.16. The van der Waals surface area contributed by atoms with Crippen molar-refractivity contribution in [3.8, 4) is 11.6 Å². The van der Waals surface area contributed by atoms with Crippen molar-refractivity contribution in [2.45, 2.75) is 17.5 Å². The van der Waals surface area contributed by atoms with E-state index in [4.69, 9.17) is 9.47 Å². The number of amides is 1. The van der Waals surface area contributed by atoms with Crippen LogP contribution in [0.5, 0.6) is 11.6 Å². The molecule has 0 aliphatic carbocycles. The van der Waals surface area contributed by atoms with Gasteiger partial charge in [-0.3, -0.25) is 4.79 Å². The van der Waals surface area contributed by atoms with E-state index in [0.717, 1.165) is 5.56 Å². The molecule has 7 heteroatoms. The molecule has 138 valence electrons. The van der Waals surface area contributed by atoms with Gasteiger partial charge in [-0.1, -0.05) is 12.1 Å². The second-order valence-corrected chi connectivity index (χ2v) is 8.49. The van der Waals surface area contributed by atoms with E-state index in [0.29, 0.717) is 22.8 Å². The molecule has 0 atom stereocenters. The average Bonchev–Trinajstić information content (AvgIpc) is 2.72. The summed E-state index contributed by atoms with van der Waals surface area (Å²) < 4.78 is 11.2. The van der Waals surface area contributed by atoms with Gasteiger partial charge in [0.15, 0.2) is 6.61 Å². The number of carbonyl (C=O) groups is 1. The SMILES string of the molecule is COc1cc(CNC(=O)COc2ccc(C3SCCCS3)cc2)ccn1. The summed E-state index contributed by atoms with van der Waals surface area (Å²) in [5, 5.41) is 2.83. The Morgan fingerprint density at radius 2 is 2.00 bits per heavy atom. The van der Waals surface area contributed by atoms with Crippen molar-refractivity contribution in [2.24, 2.45) is 0 Å². The Morgan fingerprint density at radius 1 is 1.23 bits per heavy atom. The first kappa shape index (κ1) is 18.9. The summed E-state index contributed by atoms with van der Waals surface area (Å²) in [4.78, 5) is 16.0. The van der Waals surface area contributed by atoms with Crippen LogP contribution < -0.4 is 14.8 Å². The minimum atomic E-state index is -0.164. The first-order valence-electron chi connectivity index (χ1n) is 8.46. The third-order valence-corrected chi connectivity index (χ3v) is 6.86. The Bertz CT molecular complexity index is 719. The normalized spacial score (nSPS) is 14.7. The van der Waals surface area contributed by atoms with Crippen molar-refractivity contribution in [2.75, 3.05) is 25.2 Å². The van der Waals surface area contributed by atoms with Crippen molar-refractivity contribution >= 4 is 29.4 Å². The fraction of sp³-hybridized carbons (Fsp3) is 0.368. The van der Waals surface area contributed by atoms with E-state index >= 15 is 0 Å². The summed E-state index contributed by atoms with van der Waals surface area (Å²) in [5.74, 6) is 3.52. The van der Waals surface area contributed by atoms with Crippen LogP contribution in [-0.4, -0.2) is 36.1 Å². The molecule has 1 amide bonds. The number of rotatable bonds is 7. The van der Waals surface area contributed by atoms with E-state index in [1.54, 1.807) is 19.4 Å². The number of hydrogen-bond donors (Lipinski definition) is 1. The predicted molar refractivity (Wildman–Crippen MR) is 107 cm³/mol. The van der Waals surface area contributed by atoms with Gasteiger partial charge in [-0.15, -0.1) is 23.5 Å². The van der Waals surface area contributed by atoms with Crippen LogP contribution in [0, 0.1) is 0 Å². The highest BCUT2D eigenvalue weighted by Gasteiger charge is 2.16. The van der Waals surface area contributed by atoms with Gasteiger partial charge in [0.05, 0.1) is 11.7 Å². The van der Waals surface area contributed by atoms with Crippen LogP contribution in [0.25, 0.3) is 0 Å². The molecule has 5 nitrogen and oxygen atoms in total. The zero-order valence-corrected chi connectivity index (χ0v) is 16.3. The van der Waals surface area contributed by atoms with E-state index in [9.17, 15) is 4.79 Å². The lowest BCUT2D eigenvalue weighted by Gasteiger charge is -2.21. The molecular weight excluding hydrogens is 368 g/mol. The summed E-state index contributed by atoms with van der Waals surface area (Å²) in [6.07, 6.45) is 2.94. The molecule has 1 aliphatic rings. The molecule has 1 aromatic carbocycles. The van der Waals surface area contributed by atoms with Crippen LogP contribution >= 0.6 is 23.5 Å². The highest BCUT2D eigenvalue weighted by Crippen LogP contribution is 2.43. The third kappa shape index (κ3) is 5.57. The minimum absolute atomic E-state index is 0.00546. The van der Waals surface area contributed by atoms with Gasteiger partial charge < -0.3 is 14.8 Å². The Balaban J connectivity index is 1.43. The zero-order valence-electron chi connectivity index (χ0n) is 14.6. The van der Waals surface area contributed by atoms with E-state index in [2.05, 4.69) is 22.4 Å². The second-order valence-electron chi connectivity index (χ2n) is 5.77. The Labute approximate surface area is 162 Å². The molecule has 0 spiro atoms. The third-order valence-electron chi connectivity index (χ3n) is 3.85. The van der Waals surface area contributed by atoms with Crippen LogP contribution in [0.1, 0.15) is 22.1 Å². The number of thioether (sulfide) groups is 2. The number of ether oxygens (including phenoxy) is 2. The lowest BCUT2D eigenvalue weighted by atomic mass is 10.2. The molecule has 2 aromatic rings. The van der Waals surface area contributed by atoms with Gasteiger partial charge in [0.25, 0.3) is 5.91 Å². The van der Waals surface area contributed by atoms with Gasteiger partial charge in [-0.25, -0.2) is 4.98 Å². The van der Waals surface area contributed by atoms with Crippen LogP contribution in [0.4, 0.5) is 0 Å². The van der Waals surface area contributed by atoms with E-state index in [1.807, 2.05) is 41.7 Å². The molecule has 3 rings (SSSR count). The molecular formula is C19H22N2O3S2. The van der Waals surface area contributed by atoms with Crippen molar-refractivity contribution in [1.82, 2.24) is 10.3 Å². The van der Waals surface area contributed by atoms with Gasteiger partial charge in [0, 0.05) is 18.8 Å². The maximum Gasteiger partial charge on any atom is 0.258 e. The predicted octanol–water partition coefficient (Wildman–Crippen LogP) is 3.65. The molecule has 0 saturated carbocycles. The fourth-order valence-electron chi connectivity index (χ4n) is 2.47. The summed E-state index contributed by atoms with van der Waals surface area (Å²) in [5.41, 5.74) is 2.24. The Morgan fingerprint density at radius 3 is 2.73 bits per heavy atom. The summed E-state index contributed by atoms with van der Waals surface area (Å²) in [6.45, 7) is 0.407. The standard InChI is InChI=1S/C19H22N2O3S2/c1-23-18-11-14(7-8-20-18)12-21-17(22)13-24-16-5-3-15(4-6-16)19-25-9-2-10-26-19/h3-8,11,19H,2,9-10,12-13H2,1H3,(H,21,22). The van der Waals surface area contributed by atoms with Crippen molar-refractivity contribution < 1.29 is 14.3 Å². The smallest absolute Gasteiger partial charge is 0.258 e. The van der Waals surface area contributed by atoms with Crippen LogP contribution in [0.15, 0.2) is 42.6 Å². The van der Waals surface area contributed by atoms with Crippen molar-refractivity contribution in [3.05, 3.63) is 53.7 Å². The second kappa shape index (κ2) is 9.73. The van der Waals surface area contributed by atoms with Gasteiger partial charge in [0.2, 0.25) is 5.88 Å². The zero-order chi connectivity index (χ0) is 18.2. The first-order chi connectivity index (χ1) is 12.7. The topological polar surface area (TPSA) is 60.5 Å². The number of nitrogens with zero attached hydrogens (tertiary/aromatic N) is 1. The summed E-state index contributed by atoms with van der Waals surface area (Å²) >= 11 is 3.98. The molecule has 0 radical (unpaired) electrons. The van der Waals surface area contributed by atoms with E-state index < -0.39 is 0 Å². The lowest BCUT2D eigenvalue weighted by Crippen LogP contribution is -2.28. The molecule has 1 aromatic heterocycles. The fourth-order valence-corrected chi connectivity index (χ4v) is 5.37. The average molecular weight is 391 g/mol. The number of aromatic nitrogens is 1. The highest BCUT2D eigenvalue weighted by atomic mass is 32.2. The largest absolute Gasteiger partial charge is 0.484 e. The molecule has 0 bridgehead atoms. The van der Waals surface area contributed by atoms with Gasteiger partial charge in [-0.2, -0.15) is 0 Å². The number of pyridine rings is 1. The molecule has 1 fully saturated rings. The molecule has 0 unspecified atom stereocenters.